The number of aliphatic carboxylic acids is 1. The maximum absolute atomic E-state index is 10.5. The second-order valence-electron chi connectivity index (χ2n) is 6.66. The first-order chi connectivity index (χ1) is 13.1. The summed E-state index contributed by atoms with van der Waals surface area (Å²) >= 11 is 6.53. The molecule has 144 valence electrons. The summed E-state index contributed by atoms with van der Waals surface area (Å²) < 4.78 is 5.15. The molecule has 2 aromatic rings. The van der Waals surface area contributed by atoms with Crippen LogP contribution in [0.3, 0.4) is 0 Å². The Labute approximate surface area is 165 Å². The Balaban J connectivity index is 1.65. The lowest BCUT2D eigenvalue weighted by atomic mass is 9.96. The molecule has 0 spiro atoms. The predicted molar refractivity (Wildman–Crippen MR) is 106 cm³/mol. The number of carboxylic acid groups (broad SMARTS) is 1. The molecule has 27 heavy (non-hydrogen) atoms. The third-order valence-corrected chi connectivity index (χ3v) is 5.21. The topological polar surface area (TPSA) is 53.0 Å². The molecular formula is C21H25ClN2O3. The van der Waals surface area contributed by atoms with Crippen LogP contribution in [0.5, 0.6) is 0 Å². The third-order valence-electron chi connectivity index (χ3n) is 4.86. The number of benzene rings is 2. The van der Waals surface area contributed by atoms with Gasteiger partial charge in [-0.3, -0.25) is 9.80 Å². The number of nitrogens with zero attached hydrogens (tertiary/aromatic N) is 2. The van der Waals surface area contributed by atoms with Crippen LogP contribution >= 0.6 is 11.6 Å². The standard InChI is InChI=1S/C21H25ClN2O3/c22-19-9-5-4-8-18(19)21(17-6-2-1-3-7-17)24-12-10-23(11-13-24)14-15-27-16-20(25)26/h1-9,21H,10-16H2,(H,25,26)/t21-/m0/s1. The molecule has 1 atom stereocenters. The largest absolute Gasteiger partial charge is 0.480 e. The molecule has 3 rings (SSSR count). The number of ether oxygens (including phenoxy) is 1. The molecule has 1 N–H and O–H groups in total. The second kappa shape index (κ2) is 9.85. The van der Waals surface area contributed by atoms with Crippen LogP contribution in [-0.4, -0.2) is 66.8 Å². The fraction of sp³-hybridized carbons (Fsp3) is 0.381. The molecule has 0 aromatic heterocycles. The van der Waals surface area contributed by atoms with Crippen LogP contribution in [0.2, 0.25) is 5.02 Å². The van der Waals surface area contributed by atoms with Gasteiger partial charge in [0.2, 0.25) is 0 Å². The van der Waals surface area contributed by atoms with Gasteiger partial charge in [0, 0.05) is 37.7 Å². The van der Waals surface area contributed by atoms with Gasteiger partial charge in [0.25, 0.3) is 0 Å². The first-order valence-corrected chi connectivity index (χ1v) is 9.58. The summed E-state index contributed by atoms with van der Waals surface area (Å²) in [6.07, 6.45) is 0. The zero-order chi connectivity index (χ0) is 19.1. The summed E-state index contributed by atoms with van der Waals surface area (Å²) in [4.78, 5) is 15.3. The van der Waals surface area contributed by atoms with E-state index in [1.165, 1.54) is 5.56 Å². The zero-order valence-electron chi connectivity index (χ0n) is 15.3. The number of rotatable bonds is 8. The summed E-state index contributed by atoms with van der Waals surface area (Å²) in [7, 11) is 0. The van der Waals surface area contributed by atoms with Gasteiger partial charge in [0.1, 0.15) is 6.61 Å². The van der Waals surface area contributed by atoms with Crippen LogP contribution in [0.4, 0.5) is 0 Å². The minimum Gasteiger partial charge on any atom is -0.480 e. The number of carbonyl (C=O) groups is 1. The number of hydrogen-bond donors (Lipinski definition) is 1. The summed E-state index contributed by atoms with van der Waals surface area (Å²) in [6.45, 7) is 4.65. The molecule has 6 heteroatoms. The zero-order valence-corrected chi connectivity index (χ0v) is 16.0. The highest BCUT2D eigenvalue weighted by atomic mass is 35.5. The highest BCUT2D eigenvalue weighted by Gasteiger charge is 2.27. The van der Waals surface area contributed by atoms with Crippen molar-refractivity contribution in [1.82, 2.24) is 9.80 Å². The Morgan fingerprint density at radius 2 is 1.70 bits per heavy atom. The van der Waals surface area contributed by atoms with Crippen molar-refractivity contribution in [3.8, 4) is 0 Å². The van der Waals surface area contributed by atoms with Crippen LogP contribution in [-0.2, 0) is 9.53 Å². The van der Waals surface area contributed by atoms with Crippen molar-refractivity contribution in [2.75, 3.05) is 45.9 Å². The Bertz CT molecular complexity index is 733. The summed E-state index contributed by atoms with van der Waals surface area (Å²) in [5, 5.41) is 9.42. The lowest BCUT2D eigenvalue weighted by Gasteiger charge is -2.40. The molecule has 1 aliphatic heterocycles. The van der Waals surface area contributed by atoms with Gasteiger partial charge in [-0.1, -0.05) is 60.1 Å². The molecule has 5 nitrogen and oxygen atoms in total. The second-order valence-corrected chi connectivity index (χ2v) is 7.07. The van der Waals surface area contributed by atoms with Gasteiger partial charge >= 0.3 is 5.97 Å². The molecule has 1 saturated heterocycles. The molecular weight excluding hydrogens is 364 g/mol. The van der Waals surface area contributed by atoms with E-state index in [0.29, 0.717) is 6.61 Å². The van der Waals surface area contributed by atoms with Crippen molar-refractivity contribution in [2.45, 2.75) is 6.04 Å². The molecule has 0 saturated carbocycles. The fourth-order valence-electron chi connectivity index (χ4n) is 3.52. The van der Waals surface area contributed by atoms with E-state index in [0.717, 1.165) is 43.3 Å². The van der Waals surface area contributed by atoms with Crippen LogP contribution in [0.1, 0.15) is 17.2 Å². The average molecular weight is 389 g/mol. The SMILES string of the molecule is O=C(O)COCCN1CCN([C@@H](c2ccccc2)c2ccccc2Cl)CC1. The van der Waals surface area contributed by atoms with Crippen molar-refractivity contribution in [3.05, 3.63) is 70.7 Å². The van der Waals surface area contributed by atoms with E-state index in [-0.39, 0.29) is 12.6 Å². The van der Waals surface area contributed by atoms with Crippen molar-refractivity contribution in [3.63, 3.8) is 0 Å². The van der Waals surface area contributed by atoms with Gasteiger partial charge in [0.15, 0.2) is 0 Å². The Kier molecular flexibility index (Phi) is 7.24. The monoisotopic (exact) mass is 388 g/mol. The van der Waals surface area contributed by atoms with Crippen LogP contribution in [0.25, 0.3) is 0 Å². The van der Waals surface area contributed by atoms with Gasteiger partial charge in [-0.05, 0) is 17.2 Å². The fourth-order valence-corrected chi connectivity index (χ4v) is 3.76. The van der Waals surface area contributed by atoms with Crippen LogP contribution in [0.15, 0.2) is 54.6 Å². The van der Waals surface area contributed by atoms with Gasteiger partial charge in [0.05, 0.1) is 12.6 Å². The molecule has 1 aliphatic rings. The first kappa shape index (κ1) is 19.8. The predicted octanol–water partition coefficient (Wildman–Crippen LogP) is 3.15. The molecule has 0 aliphatic carbocycles. The molecule has 1 heterocycles. The number of halogens is 1. The molecule has 0 amide bonds. The summed E-state index contributed by atoms with van der Waals surface area (Å²) in [6, 6.07) is 18.6. The van der Waals surface area contributed by atoms with Crippen molar-refractivity contribution < 1.29 is 14.6 Å². The molecule has 0 bridgehead atoms. The smallest absolute Gasteiger partial charge is 0.329 e. The van der Waals surface area contributed by atoms with E-state index < -0.39 is 5.97 Å². The van der Waals surface area contributed by atoms with E-state index in [9.17, 15) is 4.79 Å². The number of hydrogen-bond acceptors (Lipinski definition) is 4. The average Bonchev–Trinajstić information content (AvgIpc) is 2.69. The first-order valence-electron chi connectivity index (χ1n) is 9.20. The lowest BCUT2D eigenvalue weighted by Crippen LogP contribution is -2.48. The Morgan fingerprint density at radius 3 is 2.37 bits per heavy atom. The van der Waals surface area contributed by atoms with E-state index >= 15 is 0 Å². The molecule has 2 aromatic carbocycles. The van der Waals surface area contributed by atoms with Crippen molar-refractivity contribution >= 4 is 17.6 Å². The van der Waals surface area contributed by atoms with Gasteiger partial charge < -0.3 is 9.84 Å². The highest BCUT2D eigenvalue weighted by Crippen LogP contribution is 2.33. The van der Waals surface area contributed by atoms with Crippen molar-refractivity contribution in [2.24, 2.45) is 0 Å². The summed E-state index contributed by atoms with van der Waals surface area (Å²) in [5.41, 5.74) is 2.37. The van der Waals surface area contributed by atoms with Crippen LogP contribution < -0.4 is 0 Å². The normalized spacial score (nSPS) is 16.9. The molecule has 0 unspecified atom stereocenters. The van der Waals surface area contributed by atoms with Crippen molar-refractivity contribution in [1.29, 1.82) is 0 Å². The Morgan fingerprint density at radius 1 is 1.04 bits per heavy atom. The van der Waals surface area contributed by atoms with Gasteiger partial charge in [-0.2, -0.15) is 0 Å². The van der Waals surface area contributed by atoms with Gasteiger partial charge in [-0.25, -0.2) is 4.79 Å². The molecule has 1 fully saturated rings. The summed E-state index contributed by atoms with van der Waals surface area (Å²) in [5.74, 6) is -0.926. The van der Waals surface area contributed by atoms with Crippen LogP contribution in [0, 0.1) is 0 Å². The highest BCUT2D eigenvalue weighted by molar-refractivity contribution is 6.31. The minimum atomic E-state index is -0.926. The quantitative estimate of drug-likeness (QED) is 0.704. The van der Waals surface area contributed by atoms with E-state index in [4.69, 9.17) is 21.4 Å². The van der Waals surface area contributed by atoms with Gasteiger partial charge in [-0.15, -0.1) is 0 Å². The van der Waals surface area contributed by atoms with E-state index in [1.807, 2.05) is 24.3 Å². The molecule has 0 radical (unpaired) electrons. The van der Waals surface area contributed by atoms with E-state index in [2.05, 4.69) is 40.1 Å². The Hall–Kier alpha value is -1.92. The number of piperazine rings is 1. The third kappa shape index (κ3) is 5.53. The maximum atomic E-state index is 10.5. The minimum absolute atomic E-state index is 0.130. The number of carboxylic acids is 1. The maximum Gasteiger partial charge on any atom is 0.329 e. The van der Waals surface area contributed by atoms with E-state index in [1.54, 1.807) is 0 Å². The lowest BCUT2D eigenvalue weighted by molar-refractivity contribution is -0.142.